The van der Waals surface area contributed by atoms with Crippen LogP contribution < -0.4 is 19.5 Å². The number of halogens is 2. The van der Waals surface area contributed by atoms with Gasteiger partial charge in [-0.1, -0.05) is 47.0 Å². The van der Waals surface area contributed by atoms with E-state index in [2.05, 4.69) is 15.0 Å². The second kappa shape index (κ2) is 12.6. The molecule has 3 aliphatic heterocycles. The van der Waals surface area contributed by atoms with E-state index in [1.54, 1.807) is 6.07 Å². The second-order valence-electron chi connectivity index (χ2n) is 15.2. The molecule has 48 heavy (non-hydrogen) atoms. The van der Waals surface area contributed by atoms with E-state index in [0.29, 0.717) is 17.6 Å². The summed E-state index contributed by atoms with van der Waals surface area (Å²) in [5, 5.41) is 2.87. The number of benzene rings is 1. The van der Waals surface area contributed by atoms with Crippen LogP contribution in [0.5, 0.6) is 17.4 Å². The fourth-order valence-corrected chi connectivity index (χ4v) is 7.87. The van der Waals surface area contributed by atoms with Crippen molar-refractivity contribution in [3.8, 4) is 17.4 Å². The molecule has 2 amide bonds. The van der Waals surface area contributed by atoms with Crippen LogP contribution >= 0.6 is 0 Å². The van der Waals surface area contributed by atoms with Gasteiger partial charge in [-0.15, -0.1) is 8.78 Å². The zero-order chi connectivity index (χ0) is 34.6. The van der Waals surface area contributed by atoms with Gasteiger partial charge in [0.05, 0.1) is 18.1 Å². The SMILES string of the molecule is CC(=O)[C@@H]1C(C)[C@@H]2CN1C(=O)[C@H](C(C)(C)C)NC(=O)O[C@]1(C)CCC[C@H]1CCCCCCc1nc3ccc4c(c3nc1O2)OC(F)(F)O4. The standard InChI is InChI=1S/C35H46F2N4O7/c1-19-25-18-41(27(19)20(2)42)31(43)29(33(3,4)5)40-32(44)48-34(6)17-11-13-21(34)12-9-7-8-10-14-23-30(45-25)39-26-22(38-23)15-16-24-28(26)47-35(36,37)46-24/h15-16,19,21,25,27,29H,7-14,17-18H2,1-6H3,(H,40,44)/t19?,21-,25+,27+,29-,34-/m1/s1. The molecule has 1 aromatic heterocycles. The third kappa shape index (κ3) is 6.61. The van der Waals surface area contributed by atoms with Crippen LogP contribution in [0.3, 0.4) is 0 Å². The van der Waals surface area contributed by atoms with Gasteiger partial charge in [-0.05, 0) is 75.8 Å². The van der Waals surface area contributed by atoms with Gasteiger partial charge in [-0.3, -0.25) is 9.59 Å². The molecule has 6 rings (SSSR count). The molecule has 1 aromatic carbocycles. The van der Waals surface area contributed by atoms with Crippen molar-refractivity contribution in [2.24, 2.45) is 17.3 Å². The Kier molecular flexibility index (Phi) is 8.95. The fraction of sp³-hybridized carbons (Fsp3) is 0.686. The molecule has 11 nitrogen and oxygen atoms in total. The lowest BCUT2D eigenvalue weighted by Crippen LogP contribution is -2.57. The Balaban J connectivity index is 1.38. The fourth-order valence-electron chi connectivity index (χ4n) is 7.87. The molecule has 6 atom stereocenters. The number of carbonyl (C=O) groups is 3. The van der Waals surface area contributed by atoms with E-state index in [1.807, 2.05) is 34.6 Å². The second-order valence-corrected chi connectivity index (χ2v) is 15.2. The summed E-state index contributed by atoms with van der Waals surface area (Å²) in [6.45, 7) is 10.8. The summed E-state index contributed by atoms with van der Waals surface area (Å²) in [5.41, 5.74) is -0.359. The van der Waals surface area contributed by atoms with Gasteiger partial charge in [0.15, 0.2) is 11.5 Å². The number of alkyl carbamates (subject to hydrolysis) is 1. The maximum atomic E-state index is 14.3. The first kappa shape index (κ1) is 34.1. The highest BCUT2D eigenvalue weighted by Gasteiger charge is 2.50. The molecule has 2 fully saturated rings. The highest BCUT2D eigenvalue weighted by atomic mass is 19.3. The highest BCUT2D eigenvalue weighted by molar-refractivity contribution is 5.92. The summed E-state index contributed by atoms with van der Waals surface area (Å²) >= 11 is 0. The van der Waals surface area contributed by atoms with E-state index in [1.165, 1.54) is 17.9 Å². The van der Waals surface area contributed by atoms with Crippen LogP contribution in [-0.4, -0.2) is 69.3 Å². The summed E-state index contributed by atoms with van der Waals surface area (Å²) in [7, 11) is 0. The lowest BCUT2D eigenvalue weighted by Gasteiger charge is -2.37. The number of rotatable bonds is 1. The lowest BCUT2D eigenvalue weighted by atomic mass is 9.85. The van der Waals surface area contributed by atoms with Crippen molar-refractivity contribution in [2.75, 3.05) is 6.54 Å². The number of fused-ring (bicyclic) bond motifs is 7. The average Bonchev–Trinajstić information content (AvgIpc) is 3.63. The minimum atomic E-state index is -3.84. The molecule has 0 radical (unpaired) electrons. The summed E-state index contributed by atoms with van der Waals surface area (Å²) in [4.78, 5) is 51.8. The molecule has 4 aliphatic rings. The van der Waals surface area contributed by atoms with Crippen molar-refractivity contribution < 1.29 is 42.1 Å². The van der Waals surface area contributed by atoms with E-state index in [0.717, 1.165) is 51.4 Å². The first-order valence-electron chi connectivity index (χ1n) is 17.1. The molecule has 4 heterocycles. The van der Waals surface area contributed by atoms with Crippen LogP contribution in [0.15, 0.2) is 12.1 Å². The van der Waals surface area contributed by atoms with Crippen molar-refractivity contribution in [1.29, 1.82) is 0 Å². The number of aromatic nitrogens is 2. The van der Waals surface area contributed by atoms with E-state index in [4.69, 9.17) is 19.2 Å². The lowest BCUT2D eigenvalue weighted by molar-refractivity contribution is -0.286. The Morgan fingerprint density at radius 1 is 1.02 bits per heavy atom. The molecule has 0 spiro atoms. The molecule has 262 valence electrons. The normalized spacial score (nSPS) is 31.1. The number of carbonyl (C=O) groups excluding carboxylic acids is 3. The van der Waals surface area contributed by atoms with Crippen molar-refractivity contribution in [3.63, 3.8) is 0 Å². The highest BCUT2D eigenvalue weighted by Crippen LogP contribution is 2.46. The van der Waals surface area contributed by atoms with E-state index >= 15 is 0 Å². The topological polar surface area (TPSA) is 129 Å². The number of alkyl halides is 2. The summed E-state index contributed by atoms with van der Waals surface area (Å²) < 4.78 is 50.2. The Labute approximate surface area is 279 Å². The summed E-state index contributed by atoms with van der Waals surface area (Å²) in [6.07, 6.45) is 2.61. The monoisotopic (exact) mass is 672 g/mol. The Morgan fingerprint density at radius 3 is 2.48 bits per heavy atom. The third-order valence-electron chi connectivity index (χ3n) is 10.5. The van der Waals surface area contributed by atoms with Gasteiger partial charge >= 0.3 is 12.4 Å². The number of nitrogens with one attached hydrogen (secondary N) is 1. The van der Waals surface area contributed by atoms with Gasteiger partial charge in [0, 0.05) is 5.92 Å². The number of aryl methyl sites for hydroxylation is 1. The van der Waals surface area contributed by atoms with E-state index in [9.17, 15) is 23.2 Å². The van der Waals surface area contributed by atoms with Crippen LogP contribution in [0.4, 0.5) is 13.6 Å². The predicted molar refractivity (Wildman–Crippen MR) is 171 cm³/mol. The molecular formula is C35H46F2N4O7. The van der Waals surface area contributed by atoms with Crippen molar-refractivity contribution in [2.45, 2.75) is 129 Å². The number of hydrogen-bond acceptors (Lipinski definition) is 9. The van der Waals surface area contributed by atoms with Crippen LogP contribution in [0.2, 0.25) is 0 Å². The Hall–Kier alpha value is -3.77. The zero-order valence-electron chi connectivity index (χ0n) is 28.6. The minimum Gasteiger partial charge on any atom is -0.471 e. The summed E-state index contributed by atoms with van der Waals surface area (Å²) in [5.74, 6) is -1.14. The quantitative estimate of drug-likeness (QED) is 0.369. The molecule has 1 saturated carbocycles. The summed E-state index contributed by atoms with van der Waals surface area (Å²) in [6, 6.07) is 1.13. The van der Waals surface area contributed by atoms with Crippen molar-refractivity contribution >= 4 is 28.8 Å². The van der Waals surface area contributed by atoms with Crippen LogP contribution in [0, 0.1) is 17.3 Å². The molecule has 1 N–H and O–H groups in total. The molecule has 2 bridgehead atoms. The van der Waals surface area contributed by atoms with Gasteiger partial charge in [-0.2, -0.15) is 0 Å². The molecule has 13 heteroatoms. The van der Waals surface area contributed by atoms with Gasteiger partial charge in [0.25, 0.3) is 0 Å². The first-order chi connectivity index (χ1) is 22.6. The molecule has 1 saturated heterocycles. The number of Topliss-reactive ketones (excluding diaryl/α,β-unsaturated/α-hetero) is 1. The maximum absolute atomic E-state index is 14.3. The zero-order valence-corrected chi connectivity index (χ0v) is 28.6. The average molecular weight is 673 g/mol. The predicted octanol–water partition coefficient (Wildman–Crippen LogP) is 6.34. The van der Waals surface area contributed by atoms with Crippen LogP contribution in [-0.2, 0) is 20.7 Å². The molecule has 2 aromatic rings. The number of hydrogen-bond donors (Lipinski definition) is 1. The third-order valence-corrected chi connectivity index (χ3v) is 10.5. The van der Waals surface area contributed by atoms with Gasteiger partial charge in [-0.25, -0.2) is 14.8 Å². The van der Waals surface area contributed by atoms with Gasteiger partial charge in [0.1, 0.15) is 29.0 Å². The van der Waals surface area contributed by atoms with Gasteiger partial charge in [0.2, 0.25) is 17.5 Å². The van der Waals surface area contributed by atoms with E-state index in [-0.39, 0.29) is 41.1 Å². The maximum Gasteiger partial charge on any atom is 0.586 e. The molecular weight excluding hydrogens is 626 g/mol. The first-order valence-corrected chi connectivity index (χ1v) is 17.1. The minimum absolute atomic E-state index is 0.0388. The molecule has 1 aliphatic carbocycles. The van der Waals surface area contributed by atoms with Crippen LogP contribution in [0.1, 0.15) is 98.6 Å². The molecule has 1 unspecified atom stereocenters. The van der Waals surface area contributed by atoms with E-state index < -0.39 is 53.4 Å². The number of nitrogens with zero attached hydrogens (tertiary/aromatic N) is 3. The smallest absolute Gasteiger partial charge is 0.471 e. The van der Waals surface area contributed by atoms with Crippen molar-refractivity contribution in [1.82, 2.24) is 20.2 Å². The van der Waals surface area contributed by atoms with Crippen molar-refractivity contribution in [3.05, 3.63) is 17.8 Å². The van der Waals surface area contributed by atoms with Gasteiger partial charge < -0.3 is 29.2 Å². The number of ether oxygens (including phenoxy) is 4. The number of ketones is 1. The Morgan fingerprint density at radius 2 is 1.75 bits per heavy atom. The Bertz CT molecular complexity index is 1600. The largest absolute Gasteiger partial charge is 0.586 e. The number of amides is 2. The van der Waals surface area contributed by atoms with Crippen LogP contribution in [0.25, 0.3) is 11.0 Å².